The maximum Gasteiger partial charge on any atom is 0.326 e. The topological polar surface area (TPSA) is 138 Å². The summed E-state index contributed by atoms with van der Waals surface area (Å²) in [6.45, 7) is 1.62. The number of carbonyl (C=O) groups excluding carboxylic acids is 2. The van der Waals surface area contributed by atoms with Gasteiger partial charge in [-0.05, 0) is 6.92 Å². The third kappa shape index (κ3) is 3.30. The summed E-state index contributed by atoms with van der Waals surface area (Å²) in [4.78, 5) is 33.1. The number of nitrogens with two attached hydrogens (primary N) is 1. The van der Waals surface area contributed by atoms with Crippen LogP contribution >= 0.6 is 0 Å². The molecule has 0 fully saturated rings. The second kappa shape index (κ2) is 5.10. The zero-order valence-corrected chi connectivity index (χ0v) is 9.06. The van der Waals surface area contributed by atoms with Crippen LogP contribution in [0.25, 0.3) is 0 Å². The van der Waals surface area contributed by atoms with Crippen molar-refractivity contribution in [3.8, 4) is 0 Å². The Labute approximate surface area is 96.2 Å². The Hall–Kier alpha value is -2.38. The van der Waals surface area contributed by atoms with Crippen LogP contribution in [0.4, 0.5) is 0 Å². The molecule has 1 atom stereocenters. The van der Waals surface area contributed by atoms with Crippen LogP contribution in [0.15, 0.2) is 6.20 Å². The van der Waals surface area contributed by atoms with Crippen LogP contribution in [0.1, 0.15) is 22.5 Å². The standard InChI is InChI=1S/C9H12N4O4/c1-4-5(3-11-13-4)8(15)12-6(9(16)17)2-7(10)14/h3,6H,2H2,1H3,(H2,10,14)(H,11,13)(H,12,15)(H,16,17)/t6-/m0/s1. The number of aromatic amines is 1. The molecule has 5 N–H and O–H groups in total. The summed E-state index contributed by atoms with van der Waals surface area (Å²) in [5, 5.41) is 17.2. The zero-order chi connectivity index (χ0) is 13.0. The largest absolute Gasteiger partial charge is 0.480 e. The number of hydrogen-bond acceptors (Lipinski definition) is 4. The molecule has 92 valence electrons. The predicted molar refractivity (Wildman–Crippen MR) is 56.0 cm³/mol. The molecule has 0 radical (unpaired) electrons. The Morgan fingerprint density at radius 3 is 2.65 bits per heavy atom. The average molecular weight is 240 g/mol. The van der Waals surface area contributed by atoms with Crippen LogP contribution in [0, 0.1) is 6.92 Å². The Balaban J connectivity index is 2.74. The molecule has 0 aliphatic heterocycles. The summed E-state index contributed by atoms with van der Waals surface area (Å²) in [5.74, 6) is -2.75. The van der Waals surface area contributed by atoms with E-state index in [1.807, 2.05) is 0 Å². The minimum atomic E-state index is -1.34. The number of carbonyl (C=O) groups is 3. The van der Waals surface area contributed by atoms with Crippen LogP contribution in [0.3, 0.4) is 0 Å². The van der Waals surface area contributed by atoms with Crippen molar-refractivity contribution in [1.29, 1.82) is 0 Å². The monoisotopic (exact) mass is 240 g/mol. The first-order valence-corrected chi connectivity index (χ1v) is 4.73. The van der Waals surface area contributed by atoms with Gasteiger partial charge in [0, 0.05) is 5.69 Å². The van der Waals surface area contributed by atoms with E-state index in [2.05, 4.69) is 15.5 Å². The van der Waals surface area contributed by atoms with Gasteiger partial charge in [0.05, 0.1) is 18.2 Å². The number of aryl methyl sites for hydroxylation is 1. The number of carboxylic acid groups (broad SMARTS) is 1. The molecule has 1 aromatic heterocycles. The SMILES string of the molecule is Cc1[nH]ncc1C(=O)N[C@@H](CC(N)=O)C(=O)O. The molecule has 8 heteroatoms. The van der Waals surface area contributed by atoms with E-state index in [4.69, 9.17) is 10.8 Å². The quantitative estimate of drug-likeness (QED) is 0.510. The maximum atomic E-state index is 11.6. The fourth-order valence-electron chi connectivity index (χ4n) is 1.22. The Kier molecular flexibility index (Phi) is 3.81. The van der Waals surface area contributed by atoms with Crippen molar-refractivity contribution in [3.05, 3.63) is 17.5 Å². The van der Waals surface area contributed by atoms with Gasteiger partial charge < -0.3 is 16.2 Å². The van der Waals surface area contributed by atoms with Crippen molar-refractivity contribution in [2.75, 3.05) is 0 Å². The molecule has 1 rings (SSSR count). The highest BCUT2D eigenvalue weighted by Crippen LogP contribution is 2.03. The highest BCUT2D eigenvalue weighted by atomic mass is 16.4. The third-order valence-electron chi connectivity index (χ3n) is 2.08. The van der Waals surface area contributed by atoms with Gasteiger partial charge in [-0.1, -0.05) is 0 Å². The third-order valence-corrected chi connectivity index (χ3v) is 2.08. The van der Waals surface area contributed by atoms with Crippen LogP contribution in [-0.4, -0.2) is 39.1 Å². The molecule has 2 amide bonds. The zero-order valence-electron chi connectivity index (χ0n) is 9.06. The summed E-state index contributed by atoms with van der Waals surface area (Å²) in [6.07, 6.45) is 0.811. The Morgan fingerprint density at radius 2 is 2.24 bits per heavy atom. The summed E-state index contributed by atoms with van der Waals surface area (Å²) in [5.41, 5.74) is 5.61. The van der Waals surface area contributed by atoms with Crippen molar-refractivity contribution >= 4 is 17.8 Å². The molecule has 0 saturated carbocycles. The molecule has 1 aromatic rings. The summed E-state index contributed by atoms with van der Waals surface area (Å²) in [7, 11) is 0. The molecule has 17 heavy (non-hydrogen) atoms. The van der Waals surface area contributed by atoms with E-state index < -0.39 is 30.2 Å². The lowest BCUT2D eigenvalue weighted by Crippen LogP contribution is -2.43. The molecule has 0 spiro atoms. The molecule has 0 bridgehead atoms. The smallest absolute Gasteiger partial charge is 0.326 e. The van der Waals surface area contributed by atoms with E-state index in [1.54, 1.807) is 6.92 Å². The van der Waals surface area contributed by atoms with E-state index in [9.17, 15) is 14.4 Å². The first kappa shape index (κ1) is 12.7. The van der Waals surface area contributed by atoms with Gasteiger partial charge in [-0.3, -0.25) is 14.7 Å². The number of hydrogen-bond donors (Lipinski definition) is 4. The lowest BCUT2D eigenvalue weighted by Gasteiger charge is -2.12. The number of amides is 2. The molecule has 8 nitrogen and oxygen atoms in total. The van der Waals surface area contributed by atoms with Crippen LogP contribution in [-0.2, 0) is 9.59 Å². The Bertz CT molecular complexity index is 454. The molecular formula is C9H12N4O4. The molecule has 0 aliphatic carbocycles. The van der Waals surface area contributed by atoms with Crippen LogP contribution in [0.2, 0.25) is 0 Å². The minimum absolute atomic E-state index is 0.223. The second-order valence-corrected chi connectivity index (χ2v) is 3.44. The van der Waals surface area contributed by atoms with E-state index in [0.717, 1.165) is 0 Å². The number of aliphatic carboxylic acids is 1. The molecule has 0 aliphatic rings. The number of rotatable bonds is 5. The number of primary amides is 1. The summed E-state index contributed by atoms with van der Waals surface area (Å²) < 4.78 is 0. The van der Waals surface area contributed by atoms with Gasteiger partial charge in [-0.2, -0.15) is 5.10 Å². The first-order valence-electron chi connectivity index (χ1n) is 4.73. The van der Waals surface area contributed by atoms with Crippen molar-refractivity contribution in [1.82, 2.24) is 15.5 Å². The maximum absolute atomic E-state index is 11.6. The van der Waals surface area contributed by atoms with E-state index in [1.165, 1.54) is 6.20 Å². The number of nitrogens with one attached hydrogen (secondary N) is 2. The van der Waals surface area contributed by atoms with E-state index >= 15 is 0 Å². The molecule has 0 aromatic carbocycles. The van der Waals surface area contributed by atoms with E-state index in [-0.39, 0.29) is 5.56 Å². The van der Waals surface area contributed by atoms with Crippen molar-refractivity contribution < 1.29 is 19.5 Å². The summed E-state index contributed by atoms with van der Waals surface area (Å²) >= 11 is 0. The lowest BCUT2D eigenvalue weighted by atomic mass is 10.1. The fraction of sp³-hybridized carbons (Fsp3) is 0.333. The molecule has 0 unspecified atom stereocenters. The molecule has 1 heterocycles. The van der Waals surface area contributed by atoms with Crippen LogP contribution in [0.5, 0.6) is 0 Å². The number of nitrogens with zero attached hydrogens (tertiary/aromatic N) is 1. The average Bonchev–Trinajstić information content (AvgIpc) is 2.62. The van der Waals surface area contributed by atoms with Crippen LogP contribution < -0.4 is 11.1 Å². The van der Waals surface area contributed by atoms with Gasteiger partial charge in [0.25, 0.3) is 5.91 Å². The van der Waals surface area contributed by atoms with Gasteiger partial charge >= 0.3 is 5.97 Å². The van der Waals surface area contributed by atoms with Gasteiger partial charge in [-0.25, -0.2) is 4.79 Å². The lowest BCUT2D eigenvalue weighted by molar-refractivity contribution is -0.140. The number of carboxylic acids is 1. The molecule has 0 saturated heterocycles. The Morgan fingerprint density at radius 1 is 1.59 bits per heavy atom. The van der Waals surface area contributed by atoms with Crippen molar-refractivity contribution in [2.45, 2.75) is 19.4 Å². The first-order chi connectivity index (χ1) is 7.91. The highest BCUT2D eigenvalue weighted by molar-refractivity contribution is 5.98. The number of aromatic nitrogens is 2. The second-order valence-electron chi connectivity index (χ2n) is 3.44. The van der Waals surface area contributed by atoms with Gasteiger partial charge in [0.2, 0.25) is 5.91 Å². The normalized spacial score (nSPS) is 11.8. The fourth-order valence-corrected chi connectivity index (χ4v) is 1.22. The van der Waals surface area contributed by atoms with Gasteiger partial charge in [0.1, 0.15) is 6.04 Å². The van der Waals surface area contributed by atoms with Gasteiger partial charge in [-0.15, -0.1) is 0 Å². The predicted octanol–water partition coefficient (Wildman–Crippen LogP) is -1.22. The molecular weight excluding hydrogens is 228 g/mol. The van der Waals surface area contributed by atoms with Crippen molar-refractivity contribution in [2.24, 2.45) is 5.73 Å². The highest BCUT2D eigenvalue weighted by Gasteiger charge is 2.23. The van der Waals surface area contributed by atoms with Crippen molar-refractivity contribution in [3.63, 3.8) is 0 Å². The minimum Gasteiger partial charge on any atom is -0.480 e. The summed E-state index contributed by atoms with van der Waals surface area (Å²) in [6, 6.07) is -1.34. The van der Waals surface area contributed by atoms with E-state index in [0.29, 0.717) is 5.69 Å². The van der Waals surface area contributed by atoms with Gasteiger partial charge in [0.15, 0.2) is 0 Å². The number of H-pyrrole nitrogens is 1.